The van der Waals surface area contributed by atoms with Crippen LogP contribution >= 0.6 is 11.8 Å². The average molecular weight is 631 g/mol. The summed E-state index contributed by atoms with van der Waals surface area (Å²) in [4.78, 5) is 14.1. The molecule has 0 fully saturated rings. The zero-order valence-electron chi connectivity index (χ0n) is 25.5. The van der Waals surface area contributed by atoms with Crippen LogP contribution in [0.25, 0.3) is 21.9 Å². The van der Waals surface area contributed by atoms with Crippen LogP contribution in [0.5, 0.6) is 0 Å². The van der Waals surface area contributed by atoms with Gasteiger partial charge in [0.15, 0.2) is 0 Å². The molecular weight excluding hydrogens is 597 g/mol. The van der Waals surface area contributed by atoms with Crippen molar-refractivity contribution in [1.82, 2.24) is 0 Å². The highest BCUT2D eigenvalue weighted by atomic mass is 32.2. The number of nitrogens with zero attached hydrogens (tertiary/aromatic N) is 2. The van der Waals surface area contributed by atoms with E-state index in [1.54, 1.807) is 36.4 Å². The Hall–Kier alpha value is -4.31. The third-order valence-corrected chi connectivity index (χ3v) is 8.77. The Morgan fingerprint density at radius 1 is 0.933 bits per heavy atom. The normalized spacial score (nSPS) is 11.7. The van der Waals surface area contributed by atoms with Gasteiger partial charge < -0.3 is 9.47 Å². The molecule has 0 unspecified atom stereocenters. The van der Waals surface area contributed by atoms with E-state index in [2.05, 4.69) is 32.9 Å². The third-order valence-electron chi connectivity index (χ3n) is 7.74. The van der Waals surface area contributed by atoms with Gasteiger partial charge in [0, 0.05) is 27.3 Å². The molecule has 4 aromatic rings. The number of nitriles is 2. The molecule has 0 N–H and O–H groups in total. The fourth-order valence-electron chi connectivity index (χ4n) is 5.02. The number of ether oxygens (including phenoxy) is 2. The van der Waals surface area contributed by atoms with Crippen molar-refractivity contribution in [2.24, 2.45) is 0 Å². The minimum Gasteiger partial charge on any atom is -0.460 e. The molecule has 0 radical (unpaired) electrons. The van der Waals surface area contributed by atoms with Gasteiger partial charge in [-0.25, -0.2) is 4.79 Å². The zero-order chi connectivity index (χ0) is 32.8. The number of alkyl halides is 3. The molecule has 0 saturated carbocycles. The highest BCUT2D eigenvalue weighted by molar-refractivity contribution is 7.99. The molecule has 9 heteroatoms. The lowest BCUT2D eigenvalue weighted by atomic mass is 9.80. The van der Waals surface area contributed by atoms with Crippen molar-refractivity contribution in [3.63, 3.8) is 0 Å². The minimum atomic E-state index is -4.49. The smallest absolute Gasteiger partial charge is 0.393 e. The molecule has 0 bridgehead atoms. The van der Waals surface area contributed by atoms with Crippen molar-refractivity contribution in [3.05, 3.63) is 94.5 Å². The van der Waals surface area contributed by atoms with Crippen molar-refractivity contribution >= 4 is 28.5 Å². The molecule has 0 aromatic heterocycles. The first-order chi connectivity index (χ1) is 21.4. The maximum atomic E-state index is 13.7. The van der Waals surface area contributed by atoms with Crippen molar-refractivity contribution in [3.8, 4) is 23.3 Å². The van der Waals surface area contributed by atoms with Gasteiger partial charge in [-0.15, -0.1) is 0 Å². The zero-order valence-corrected chi connectivity index (χ0v) is 26.4. The van der Waals surface area contributed by atoms with Crippen LogP contribution in [0, 0.1) is 22.7 Å². The maximum Gasteiger partial charge on any atom is 0.393 e. The van der Waals surface area contributed by atoms with E-state index in [-0.39, 0.29) is 46.4 Å². The second-order valence-corrected chi connectivity index (χ2v) is 12.2. The quantitative estimate of drug-likeness (QED) is 0.121. The molecule has 0 spiro atoms. The van der Waals surface area contributed by atoms with Crippen molar-refractivity contribution in [2.75, 3.05) is 19.8 Å². The number of carbonyl (C=O) groups excluding carboxylic acids is 1. The molecule has 232 valence electrons. The summed E-state index contributed by atoms with van der Waals surface area (Å²) in [6.45, 7) is 9.01. The first-order valence-corrected chi connectivity index (χ1v) is 15.4. The van der Waals surface area contributed by atoms with E-state index >= 15 is 0 Å². The van der Waals surface area contributed by atoms with E-state index in [1.165, 1.54) is 23.9 Å². The standard InChI is InChI=1S/C36H33F3N2O3S/c1-5-35(3,4)27-17-25-16-26(21-40)30(22-41)33(29-13-8-7-10-24(29)20-36(37,38)39)32(25)31(19-27)45-28-12-9-11-23(18-28)34(42)44-15-14-43-6-2/h7-13,16-19H,5-6,14-15,20H2,1-4H3. The monoisotopic (exact) mass is 630 g/mol. The van der Waals surface area contributed by atoms with Gasteiger partial charge in [0.1, 0.15) is 18.7 Å². The van der Waals surface area contributed by atoms with Gasteiger partial charge in [0.05, 0.1) is 29.7 Å². The Morgan fingerprint density at radius 3 is 2.36 bits per heavy atom. The summed E-state index contributed by atoms with van der Waals surface area (Å²) in [5.41, 5.74) is 1.65. The molecule has 0 aliphatic rings. The SMILES string of the molecule is CCOCCOC(=O)c1cccc(Sc2cc(C(C)(C)CC)cc3cc(C#N)c(C#N)c(-c4ccccc4CC(F)(F)F)c23)c1. The molecule has 5 nitrogen and oxygen atoms in total. The first kappa shape index (κ1) is 33.6. The van der Waals surface area contributed by atoms with E-state index in [0.717, 1.165) is 12.0 Å². The second-order valence-electron chi connectivity index (χ2n) is 11.1. The summed E-state index contributed by atoms with van der Waals surface area (Å²) in [7, 11) is 0. The van der Waals surface area contributed by atoms with E-state index in [1.807, 2.05) is 25.1 Å². The van der Waals surface area contributed by atoms with Gasteiger partial charge in [0.2, 0.25) is 0 Å². The third kappa shape index (κ3) is 7.86. The van der Waals surface area contributed by atoms with Gasteiger partial charge in [-0.1, -0.05) is 68.9 Å². The number of carbonyl (C=O) groups is 1. The number of halogens is 3. The lowest BCUT2D eigenvalue weighted by Crippen LogP contribution is -2.15. The van der Waals surface area contributed by atoms with E-state index < -0.39 is 18.6 Å². The first-order valence-electron chi connectivity index (χ1n) is 14.6. The molecule has 4 aromatic carbocycles. The Labute approximate surface area is 265 Å². The summed E-state index contributed by atoms with van der Waals surface area (Å²) in [6.07, 6.45) is -4.88. The van der Waals surface area contributed by atoms with Crippen LogP contribution in [0.2, 0.25) is 0 Å². The summed E-state index contributed by atoms with van der Waals surface area (Å²) >= 11 is 1.33. The molecule has 45 heavy (non-hydrogen) atoms. The summed E-state index contributed by atoms with van der Waals surface area (Å²) in [6, 6.07) is 22.8. The topological polar surface area (TPSA) is 83.1 Å². The van der Waals surface area contributed by atoms with Crippen molar-refractivity contribution < 1.29 is 27.4 Å². The number of rotatable bonds is 11. The van der Waals surface area contributed by atoms with E-state index in [0.29, 0.717) is 32.7 Å². The number of hydrogen-bond donors (Lipinski definition) is 0. The number of hydrogen-bond acceptors (Lipinski definition) is 6. The maximum absolute atomic E-state index is 13.7. The summed E-state index contributed by atoms with van der Waals surface area (Å²) in [5.74, 6) is -0.505. The predicted molar refractivity (Wildman–Crippen MR) is 169 cm³/mol. The number of esters is 1. The minimum absolute atomic E-state index is 0.00333. The lowest BCUT2D eigenvalue weighted by molar-refractivity contribution is -0.127. The highest BCUT2D eigenvalue weighted by Crippen LogP contribution is 2.46. The Bertz CT molecular complexity index is 1800. The Morgan fingerprint density at radius 2 is 1.69 bits per heavy atom. The molecule has 0 saturated heterocycles. The van der Waals surface area contributed by atoms with E-state index in [9.17, 15) is 28.5 Å². The molecule has 0 heterocycles. The molecule has 0 aliphatic carbocycles. The predicted octanol–water partition coefficient (Wildman–Crippen LogP) is 9.39. The van der Waals surface area contributed by atoms with Crippen LogP contribution in [0.1, 0.15) is 66.7 Å². The molecule has 0 atom stereocenters. The van der Waals surface area contributed by atoms with Gasteiger partial charge in [0.25, 0.3) is 0 Å². The highest BCUT2D eigenvalue weighted by Gasteiger charge is 2.31. The fourth-order valence-corrected chi connectivity index (χ4v) is 6.12. The van der Waals surface area contributed by atoms with Crippen LogP contribution < -0.4 is 0 Å². The lowest BCUT2D eigenvalue weighted by Gasteiger charge is -2.26. The second kappa shape index (κ2) is 14.2. The van der Waals surface area contributed by atoms with Crippen LogP contribution in [-0.4, -0.2) is 32.0 Å². The molecular formula is C36H33F3N2O3S. The largest absolute Gasteiger partial charge is 0.460 e. The van der Waals surface area contributed by atoms with Gasteiger partial charge in [-0.2, -0.15) is 23.7 Å². The van der Waals surface area contributed by atoms with Crippen molar-refractivity contribution in [2.45, 2.75) is 61.9 Å². The van der Waals surface area contributed by atoms with Crippen LogP contribution in [0.4, 0.5) is 13.2 Å². The molecule has 0 aliphatic heterocycles. The van der Waals surface area contributed by atoms with Gasteiger partial charge in [-0.3, -0.25) is 0 Å². The van der Waals surface area contributed by atoms with Crippen LogP contribution in [0.3, 0.4) is 0 Å². The van der Waals surface area contributed by atoms with Gasteiger partial charge in [-0.05, 0) is 71.2 Å². The summed E-state index contributed by atoms with van der Waals surface area (Å²) < 4.78 is 51.7. The molecule has 0 amide bonds. The fraction of sp³-hybridized carbons (Fsp3) is 0.306. The molecule has 4 rings (SSSR count). The average Bonchev–Trinajstić information content (AvgIpc) is 3.01. The van der Waals surface area contributed by atoms with Gasteiger partial charge >= 0.3 is 12.1 Å². The number of benzene rings is 4. The van der Waals surface area contributed by atoms with Crippen molar-refractivity contribution in [1.29, 1.82) is 10.5 Å². The van der Waals surface area contributed by atoms with E-state index in [4.69, 9.17) is 9.47 Å². The Balaban J connectivity index is 1.99. The Kier molecular flexibility index (Phi) is 10.6. The number of fused-ring (bicyclic) bond motifs is 1. The van der Waals surface area contributed by atoms with Crippen LogP contribution in [0.15, 0.2) is 76.5 Å². The summed E-state index contributed by atoms with van der Waals surface area (Å²) in [5, 5.41) is 21.5. The van der Waals surface area contributed by atoms with Crippen LogP contribution in [-0.2, 0) is 21.3 Å².